The molecular weight excluding hydrogens is 226 g/mol. The Morgan fingerprint density at radius 3 is 3.12 bits per heavy atom. The summed E-state index contributed by atoms with van der Waals surface area (Å²) in [4.78, 5) is 8.46. The van der Waals surface area contributed by atoms with E-state index in [0.29, 0.717) is 17.8 Å². The molecule has 0 radical (unpaired) electrons. The molecule has 0 amide bonds. The summed E-state index contributed by atoms with van der Waals surface area (Å²) in [5.74, 6) is 1.36. The van der Waals surface area contributed by atoms with Crippen LogP contribution in [0.1, 0.15) is 12.1 Å². The number of anilines is 1. The quantitative estimate of drug-likeness (QED) is 0.634. The summed E-state index contributed by atoms with van der Waals surface area (Å²) in [7, 11) is 0. The van der Waals surface area contributed by atoms with Crippen LogP contribution in [0, 0.1) is 6.92 Å². The molecule has 1 aromatic heterocycles. The van der Waals surface area contributed by atoms with Gasteiger partial charge in [-0.1, -0.05) is 11.8 Å². The fourth-order valence-corrected chi connectivity index (χ4v) is 2.41. The molecule has 2 rings (SSSR count). The van der Waals surface area contributed by atoms with E-state index in [1.807, 2.05) is 6.92 Å². The van der Waals surface area contributed by atoms with Gasteiger partial charge in [-0.3, -0.25) is 0 Å². The number of rotatable bonds is 3. The Bertz CT molecular complexity index is 336. The van der Waals surface area contributed by atoms with E-state index in [4.69, 9.17) is 15.2 Å². The summed E-state index contributed by atoms with van der Waals surface area (Å²) >= 11 is 1.57. The third-order valence-electron chi connectivity index (χ3n) is 2.22. The van der Waals surface area contributed by atoms with Crippen molar-refractivity contribution in [3.63, 3.8) is 0 Å². The van der Waals surface area contributed by atoms with E-state index in [0.717, 1.165) is 24.5 Å². The van der Waals surface area contributed by atoms with Gasteiger partial charge in [-0.2, -0.15) is 0 Å². The molecule has 16 heavy (non-hydrogen) atoms. The van der Waals surface area contributed by atoms with E-state index in [9.17, 15) is 0 Å². The zero-order valence-electron chi connectivity index (χ0n) is 9.18. The van der Waals surface area contributed by atoms with Crippen LogP contribution in [-0.4, -0.2) is 35.2 Å². The monoisotopic (exact) mass is 241 g/mol. The van der Waals surface area contributed by atoms with Gasteiger partial charge < -0.3 is 15.2 Å². The van der Waals surface area contributed by atoms with E-state index in [1.54, 1.807) is 17.8 Å². The van der Waals surface area contributed by atoms with Gasteiger partial charge in [-0.05, 0) is 13.3 Å². The van der Waals surface area contributed by atoms with Crippen LogP contribution in [0.3, 0.4) is 0 Å². The maximum Gasteiger partial charge on any atom is 0.189 e. The summed E-state index contributed by atoms with van der Waals surface area (Å²) in [6, 6.07) is 1.76. The van der Waals surface area contributed by atoms with E-state index >= 15 is 0 Å². The number of thioether (sulfide) groups is 1. The molecule has 0 saturated carbocycles. The zero-order chi connectivity index (χ0) is 11.4. The molecule has 6 heteroatoms. The lowest BCUT2D eigenvalue weighted by atomic mass is 10.3. The van der Waals surface area contributed by atoms with Crippen LogP contribution in [0.5, 0.6) is 0 Å². The molecule has 2 heterocycles. The number of nitrogen functional groups attached to an aromatic ring is 1. The van der Waals surface area contributed by atoms with Gasteiger partial charge in [0.15, 0.2) is 5.16 Å². The largest absolute Gasteiger partial charge is 0.384 e. The van der Waals surface area contributed by atoms with Gasteiger partial charge in [0.2, 0.25) is 0 Å². The Morgan fingerprint density at radius 2 is 2.44 bits per heavy atom. The highest BCUT2D eigenvalue weighted by Gasteiger charge is 2.15. The first kappa shape index (κ1) is 11.6. The van der Waals surface area contributed by atoms with Gasteiger partial charge in [0.05, 0.1) is 12.7 Å². The lowest BCUT2D eigenvalue weighted by Crippen LogP contribution is -2.25. The van der Waals surface area contributed by atoms with Crippen LogP contribution >= 0.6 is 11.8 Å². The molecule has 0 bridgehead atoms. The maximum absolute atomic E-state index is 5.65. The molecule has 1 aliphatic rings. The number of ether oxygens (including phenoxy) is 2. The second kappa shape index (κ2) is 5.47. The van der Waals surface area contributed by atoms with E-state index < -0.39 is 0 Å². The summed E-state index contributed by atoms with van der Waals surface area (Å²) in [6.07, 6.45) is 1.15. The highest BCUT2D eigenvalue weighted by molar-refractivity contribution is 7.99. The number of nitrogens with two attached hydrogens (primary N) is 1. The predicted molar refractivity (Wildman–Crippen MR) is 62.2 cm³/mol. The van der Waals surface area contributed by atoms with Crippen LogP contribution in [-0.2, 0) is 9.47 Å². The summed E-state index contributed by atoms with van der Waals surface area (Å²) in [5.41, 5.74) is 6.54. The molecule has 88 valence electrons. The van der Waals surface area contributed by atoms with Crippen molar-refractivity contribution in [3.05, 3.63) is 11.8 Å². The average Bonchev–Trinajstić information content (AvgIpc) is 2.27. The Balaban J connectivity index is 1.88. The van der Waals surface area contributed by atoms with Gasteiger partial charge in [0.1, 0.15) is 12.6 Å². The van der Waals surface area contributed by atoms with Crippen LogP contribution in [0.4, 0.5) is 5.82 Å². The zero-order valence-corrected chi connectivity index (χ0v) is 10.00. The minimum Gasteiger partial charge on any atom is -0.384 e. The highest BCUT2D eigenvalue weighted by Crippen LogP contribution is 2.19. The van der Waals surface area contributed by atoms with Crippen molar-refractivity contribution in [2.45, 2.75) is 24.6 Å². The standard InChI is InChI=1S/C10H15N3O2S/c1-7-4-9(11)13-10(12-7)16-5-8-2-3-14-6-15-8/h4,8H,2-3,5-6H2,1H3,(H2,11,12,13). The number of hydrogen-bond donors (Lipinski definition) is 1. The van der Waals surface area contributed by atoms with Crippen molar-refractivity contribution in [2.75, 3.05) is 24.9 Å². The number of hydrogen-bond acceptors (Lipinski definition) is 6. The van der Waals surface area contributed by atoms with Crippen LogP contribution in [0.2, 0.25) is 0 Å². The molecule has 0 aromatic carbocycles. The van der Waals surface area contributed by atoms with Crippen molar-refractivity contribution in [3.8, 4) is 0 Å². The van der Waals surface area contributed by atoms with E-state index in [2.05, 4.69) is 9.97 Å². The first-order valence-electron chi connectivity index (χ1n) is 5.17. The van der Waals surface area contributed by atoms with Gasteiger partial charge in [0.25, 0.3) is 0 Å². The minimum atomic E-state index is 0.226. The van der Waals surface area contributed by atoms with E-state index in [1.165, 1.54) is 0 Å². The second-order valence-corrected chi connectivity index (χ2v) is 4.62. The van der Waals surface area contributed by atoms with Crippen molar-refractivity contribution in [2.24, 2.45) is 0 Å². The Morgan fingerprint density at radius 1 is 1.56 bits per heavy atom. The van der Waals surface area contributed by atoms with Gasteiger partial charge in [-0.15, -0.1) is 0 Å². The average molecular weight is 241 g/mol. The van der Waals surface area contributed by atoms with Crippen LogP contribution in [0.25, 0.3) is 0 Å². The Hall–Kier alpha value is -0.850. The minimum absolute atomic E-state index is 0.226. The molecule has 1 atom stereocenters. The molecule has 1 aliphatic heterocycles. The van der Waals surface area contributed by atoms with Crippen LogP contribution < -0.4 is 5.73 Å². The lowest BCUT2D eigenvalue weighted by Gasteiger charge is -2.21. The third kappa shape index (κ3) is 3.33. The van der Waals surface area contributed by atoms with Crippen LogP contribution in [0.15, 0.2) is 11.2 Å². The normalized spacial score (nSPS) is 20.9. The lowest BCUT2D eigenvalue weighted by molar-refractivity contribution is -0.130. The molecule has 1 saturated heterocycles. The molecular formula is C10H15N3O2S. The molecule has 2 N–H and O–H groups in total. The Kier molecular flexibility index (Phi) is 3.98. The van der Waals surface area contributed by atoms with Crippen molar-refractivity contribution in [1.82, 2.24) is 9.97 Å². The molecule has 5 nitrogen and oxygen atoms in total. The fourth-order valence-electron chi connectivity index (χ4n) is 1.43. The summed E-state index contributed by atoms with van der Waals surface area (Å²) in [6.45, 7) is 3.07. The number of nitrogens with zero attached hydrogens (tertiary/aromatic N) is 2. The van der Waals surface area contributed by atoms with E-state index in [-0.39, 0.29) is 6.10 Å². The van der Waals surface area contributed by atoms with Crippen molar-refractivity contribution in [1.29, 1.82) is 0 Å². The SMILES string of the molecule is Cc1cc(N)nc(SCC2CCOCO2)n1. The van der Waals surface area contributed by atoms with Gasteiger partial charge >= 0.3 is 0 Å². The third-order valence-corrected chi connectivity index (χ3v) is 3.20. The Labute approximate surface area is 98.7 Å². The number of aryl methyl sites for hydroxylation is 1. The first-order valence-corrected chi connectivity index (χ1v) is 6.16. The van der Waals surface area contributed by atoms with Gasteiger partial charge in [-0.25, -0.2) is 9.97 Å². The highest BCUT2D eigenvalue weighted by atomic mass is 32.2. The summed E-state index contributed by atoms with van der Waals surface area (Å²) in [5, 5.41) is 0.715. The fraction of sp³-hybridized carbons (Fsp3) is 0.600. The molecule has 1 fully saturated rings. The summed E-state index contributed by atoms with van der Waals surface area (Å²) < 4.78 is 10.5. The smallest absolute Gasteiger partial charge is 0.189 e. The molecule has 1 aromatic rings. The van der Waals surface area contributed by atoms with Crippen molar-refractivity contribution < 1.29 is 9.47 Å². The number of aromatic nitrogens is 2. The second-order valence-electron chi connectivity index (χ2n) is 3.63. The maximum atomic E-state index is 5.65. The van der Waals surface area contributed by atoms with Gasteiger partial charge in [0, 0.05) is 17.5 Å². The first-order chi connectivity index (χ1) is 7.74. The molecule has 1 unspecified atom stereocenters. The molecule has 0 spiro atoms. The predicted octanol–water partition coefficient (Wildman–Crippen LogP) is 1.22. The topological polar surface area (TPSA) is 70.3 Å². The van der Waals surface area contributed by atoms with Crippen molar-refractivity contribution >= 4 is 17.6 Å². The molecule has 0 aliphatic carbocycles.